The lowest BCUT2D eigenvalue weighted by Crippen LogP contribution is -2.25. The fourth-order valence-electron chi connectivity index (χ4n) is 2.05. The lowest BCUT2D eigenvalue weighted by molar-refractivity contribution is 0.653. The van der Waals surface area contributed by atoms with E-state index in [-0.39, 0.29) is 6.04 Å². The summed E-state index contributed by atoms with van der Waals surface area (Å²) in [6.45, 7) is 2.09. The van der Waals surface area contributed by atoms with Gasteiger partial charge in [-0.2, -0.15) is 0 Å². The fourth-order valence-corrected chi connectivity index (χ4v) is 2.35. The second kappa shape index (κ2) is 6.73. The molecule has 0 saturated heterocycles. The molecular weight excluding hydrogens is 270 g/mol. The van der Waals surface area contributed by atoms with Gasteiger partial charge in [0, 0.05) is 0 Å². The van der Waals surface area contributed by atoms with Crippen molar-refractivity contribution in [1.82, 2.24) is 5.32 Å². The van der Waals surface area contributed by atoms with E-state index in [0.29, 0.717) is 4.32 Å². The van der Waals surface area contributed by atoms with E-state index in [4.69, 9.17) is 12.2 Å². The Morgan fingerprint density at radius 3 is 2.32 bits per heavy atom. The normalized spacial score (nSPS) is 11.9. The Hall–Kier alpha value is -1.32. The Kier molecular flexibility index (Phi) is 5.00. The maximum absolute atomic E-state index is 5.07. The van der Waals surface area contributed by atoms with Gasteiger partial charge < -0.3 is 5.32 Å². The monoisotopic (exact) mass is 287 g/mol. The summed E-state index contributed by atoms with van der Waals surface area (Å²) in [5.41, 5.74) is 3.77. The average molecular weight is 287 g/mol. The van der Waals surface area contributed by atoms with Gasteiger partial charge in [0.25, 0.3) is 0 Å². The Morgan fingerprint density at radius 1 is 1.11 bits per heavy atom. The van der Waals surface area contributed by atoms with Crippen molar-refractivity contribution in [2.45, 2.75) is 19.4 Å². The molecule has 2 aromatic rings. The third-order valence-electron chi connectivity index (χ3n) is 3.06. The highest BCUT2D eigenvalue weighted by molar-refractivity contribution is 8.11. The number of hydrogen-bond acceptors (Lipinski definition) is 1. The topological polar surface area (TPSA) is 12.0 Å². The first-order valence-electron chi connectivity index (χ1n) is 6.25. The molecule has 0 saturated carbocycles. The molecule has 1 atom stereocenters. The van der Waals surface area contributed by atoms with E-state index >= 15 is 0 Å². The van der Waals surface area contributed by atoms with Crippen LogP contribution in [0.3, 0.4) is 0 Å². The molecule has 0 radical (unpaired) electrons. The number of nitrogens with one attached hydrogen (secondary N) is 1. The zero-order chi connectivity index (χ0) is 13.7. The van der Waals surface area contributed by atoms with Gasteiger partial charge in [-0.3, -0.25) is 0 Å². The van der Waals surface area contributed by atoms with Crippen LogP contribution in [0.4, 0.5) is 0 Å². The predicted molar refractivity (Wildman–Crippen MR) is 88.8 cm³/mol. The number of rotatable bonds is 4. The van der Waals surface area contributed by atoms with Crippen LogP contribution in [0.1, 0.15) is 22.7 Å². The van der Waals surface area contributed by atoms with Crippen molar-refractivity contribution >= 4 is 29.2 Å². The molecule has 1 N–H and O–H groups in total. The minimum atomic E-state index is 0.160. The van der Waals surface area contributed by atoms with Crippen molar-refractivity contribution in [3.63, 3.8) is 0 Å². The highest BCUT2D eigenvalue weighted by Crippen LogP contribution is 2.19. The molecule has 98 valence electrons. The van der Waals surface area contributed by atoms with Crippen molar-refractivity contribution in [2.24, 2.45) is 0 Å². The van der Waals surface area contributed by atoms with Crippen molar-refractivity contribution < 1.29 is 0 Å². The highest BCUT2D eigenvalue weighted by Gasteiger charge is 2.12. The van der Waals surface area contributed by atoms with Crippen LogP contribution in [-0.4, -0.2) is 4.32 Å². The van der Waals surface area contributed by atoms with Gasteiger partial charge in [0.05, 0.1) is 6.04 Å². The second-order valence-electron chi connectivity index (χ2n) is 4.60. The molecule has 0 fully saturated rings. The smallest absolute Gasteiger partial charge is 0.131 e. The number of aryl methyl sites for hydroxylation is 1. The molecule has 0 heterocycles. The maximum atomic E-state index is 5.07. The minimum Gasteiger partial charge on any atom is -0.364 e. The largest absolute Gasteiger partial charge is 0.364 e. The van der Waals surface area contributed by atoms with E-state index in [1.54, 1.807) is 0 Å². The zero-order valence-corrected chi connectivity index (χ0v) is 12.5. The van der Waals surface area contributed by atoms with Crippen LogP contribution in [0.15, 0.2) is 54.6 Å². The molecule has 0 aliphatic heterocycles. The van der Waals surface area contributed by atoms with Gasteiger partial charge in [0.15, 0.2) is 0 Å². The zero-order valence-electron chi connectivity index (χ0n) is 10.8. The van der Waals surface area contributed by atoms with Crippen molar-refractivity contribution in [3.8, 4) is 0 Å². The first-order valence-corrected chi connectivity index (χ1v) is 7.10. The number of thiol groups is 1. The molecule has 19 heavy (non-hydrogen) atoms. The SMILES string of the molecule is Cc1ccc(C(Cc2ccccc2)NC(=S)S)cc1. The van der Waals surface area contributed by atoms with E-state index in [1.807, 2.05) is 6.07 Å². The van der Waals surface area contributed by atoms with E-state index in [0.717, 1.165) is 6.42 Å². The molecule has 0 amide bonds. The predicted octanol–water partition coefficient (Wildman–Crippen LogP) is 4.08. The lowest BCUT2D eigenvalue weighted by Gasteiger charge is -2.19. The third-order valence-corrected chi connectivity index (χ3v) is 3.31. The number of thiocarbonyl (C=S) groups is 1. The molecule has 2 aromatic carbocycles. The number of hydrogen-bond donors (Lipinski definition) is 2. The lowest BCUT2D eigenvalue weighted by atomic mass is 9.98. The van der Waals surface area contributed by atoms with Crippen LogP contribution in [0.2, 0.25) is 0 Å². The molecule has 0 aromatic heterocycles. The summed E-state index contributed by atoms with van der Waals surface area (Å²) in [6.07, 6.45) is 0.893. The Labute approximate surface area is 125 Å². The van der Waals surface area contributed by atoms with Crippen molar-refractivity contribution in [2.75, 3.05) is 0 Å². The minimum absolute atomic E-state index is 0.160. The molecular formula is C16H17NS2. The first-order chi connectivity index (χ1) is 9.15. The molecule has 1 nitrogen and oxygen atoms in total. The van der Waals surface area contributed by atoms with Crippen LogP contribution in [0, 0.1) is 6.92 Å². The van der Waals surface area contributed by atoms with Crippen LogP contribution >= 0.6 is 24.8 Å². The van der Waals surface area contributed by atoms with E-state index in [9.17, 15) is 0 Å². The summed E-state index contributed by atoms with van der Waals surface area (Å²) in [5.74, 6) is 0. The quantitative estimate of drug-likeness (QED) is 0.649. The Balaban J connectivity index is 2.20. The van der Waals surface area contributed by atoms with Crippen LogP contribution < -0.4 is 5.32 Å². The van der Waals surface area contributed by atoms with Gasteiger partial charge in [-0.15, -0.1) is 12.6 Å². The van der Waals surface area contributed by atoms with Gasteiger partial charge in [-0.1, -0.05) is 72.4 Å². The van der Waals surface area contributed by atoms with Crippen LogP contribution in [0.5, 0.6) is 0 Å². The third kappa shape index (κ3) is 4.37. The summed E-state index contributed by atoms with van der Waals surface area (Å²) < 4.78 is 0.529. The molecule has 0 spiro atoms. The van der Waals surface area contributed by atoms with Gasteiger partial charge >= 0.3 is 0 Å². The highest BCUT2D eigenvalue weighted by atomic mass is 32.1. The molecule has 3 heteroatoms. The van der Waals surface area contributed by atoms with Gasteiger partial charge in [-0.05, 0) is 24.5 Å². The molecule has 0 bridgehead atoms. The Bertz CT molecular complexity index is 534. The van der Waals surface area contributed by atoms with Crippen LogP contribution in [-0.2, 0) is 6.42 Å². The molecule has 0 aliphatic carbocycles. The van der Waals surface area contributed by atoms with Crippen molar-refractivity contribution in [3.05, 3.63) is 71.3 Å². The standard InChI is InChI=1S/C16H17NS2/c1-12-7-9-14(10-8-12)15(17-16(18)19)11-13-5-3-2-4-6-13/h2-10,15H,11H2,1H3,(H2,17,18,19). The summed E-state index contributed by atoms with van der Waals surface area (Å²) in [4.78, 5) is 0. The van der Waals surface area contributed by atoms with Crippen molar-refractivity contribution in [1.29, 1.82) is 0 Å². The van der Waals surface area contributed by atoms with E-state index in [1.165, 1.54) is 16.7 Å². The fraction of sp³-hybridized carbons (Fsp3) is 0.188. The van der Waals surface area contributed by atoms with E-state index < -0.39 is 0 Å². The van der Waals surface area contributed by atoms with Gasteiger partial charge in [0.2, 0.25) is 0 Å². The summed E-state index contributed by atoms with van der Waals surface area (Å²) in [7, 11) is 0. The molecule has 2 rings (SSSR count). The Morgan fingerprint density at radius 2 is 1.74 bits per heavy atom. The van der Waals surface area contributed by atoms with Gasteiger partial charge in [0.1, 0.15) is 4.32 Å². The van der Waals surface area contributed by atoms with Gasteiger partial charge in [-0.25, -0.2) is 0 Å². The maximum Gasteiger partial charge on any atom is 0.131 e. The van der Waals surface area contributed by atoms with Crippen LogP contribution in [0.25, 0.3) is 0 Å². The number of benzene rings is 2. The second-order valence-corrected chi connectivity index (χ2v) is 5.76. The summed E-state index contributed by atoms with van der Waals surface area (Å²) in [5, 5.41) is 3.26. The van der Waals surface area contributed by atoms with E-state index in [2.05, 4.69) is 73.4 Å². The molecule has 1 unspecified atom stereocenters. The summed E-state index contributed by atoms with van der Waals surface area (Å²) in [6, 6.07) is 19.1. The molecule has 0 aliphatic rings. The summed E-state index contributed by atoms with van der Waals surface area (Å²) >= 11 is 9.26. The first kappa shape index (κ1) is 14.1. The average Bonchev–Trinajstić information content (AvgIpc) is 2.39.